The molecule has 0 atom stereocenters. The summed E-state index contributed by atoms with van der Waals surface area (Å²) in [7, 11) is 0. The van der Waals surface area contributed by atoms with Gasteiger partial charge in [0.05, 0.1) is 35.7 Å². The summed E-state index contributed by atoms with van der Waals surface area (Å²) in [6, 6.07) is 1.61. The molecule has 0 saturated heterocycles. The zero-order valence-electron chi connectivity index (χ0n) is 11.4. The Morgan fingerprint density at radius 3 is 2.89 bits per heavy atom. The Morgan fingerprint density at radius 2 is 2.26 bits per heavy atom. The van der Waals surface area contributed by atoms with Gasteiger partial charge in [0.15, 0.2) is 0 Å². The van der Waals surface area contributed by atoms with Gasteiger partial charge in [-0.25, -0.2) is 4.79 Å². The highest BCUT2D eigenvalue weighted by atomic mass is 16.5. The van der Waals surface area contributed by atoms with Crippen LogP contribution in [0, 0.1) is 0 Å². The van der Waals surface area contributed by atoms with Crippen LogP contribution in [-0.4, -0.2) is 23.5 Å². The molecule has 0 fully saturated rings. The highest BCUT2D eigenvalue weighted by Crippen LogP contribution is 2.24. The molecule has 1 aromatic heterocycles. The first kappa shape index (κ1) is 13.5. The van der Waals surface area contributed by atoms with Crippen molar-refractivity contribution in [3.05, 3.63) is 28.6 Å². The maximum atomic E-state index is 12.0. The minimum absolute atomic E-state index is 0.102. The fourth-order valence-corrected chi connectivity index (χ4v) is 2.03. The van der Waals surface area contributed by atoms with Gasteiger partial charge in [0.2, 0.25) is 0 Å². The molecule has 1 aromatic rings. The molecule has 19 heavy (non-hydrogen) atoms. The molecule has 2 rings (SSSR count). The zero-order valence-corrected chi connectivity index (χ0v) is 11.4. The monoisotopic (exact) mass is 262 g/mol. The number of carbonyl (C=O) groups excluding carboxylic acids is 2. The van der Waals surface area contributed by atoms with Crippen molar-refractivity contribution in [2.24, 2.45) is 0 Å². The van der Waals surface area contributed by atoms with Crippen LogP contribution in [0.2, 0.25) is 0 Å². The van der Waals surface area contributed by atoms with Gasteiger partial charge in [-0.1, -0.05) is 20.8 Å². The van der Waals surface area contributed by atoms with E-state index in [4.69, 9.17) is 4.74 Å². The Balaban J connectivity index is 2.43. The van der Waals surface area contributed by atoms with Crippen LogP contribution in [-0.2, 0) is 11.3 Å². The fraction of sp³-hybridized carbons (Fsp3) is 0.500. The van der Waals surface area contributed by atoms with Gasteiger partial charge in [0.1, 0.15) is 0 Å². The molecule has 0 radical (unpaired) electrons. The number of rotatable bonds is 4. The Labute approximate surface area is 112 Å². The molecule has 5 nitrogen and oxygen atoms in total. The highest BCUT2D eigenvalue weighted by molar-refractivity contribution is 6.01. The number of carbonyl (C=O) groups is 2. The average Bonchev–Trinajstić information content (AvgIpc) is 2.75. The van der Waals surface area contributed by atoms with Gasteiger partial charge in [-0.15, -0.1) is 0 Å². The second kappa shape index (κ2) is 5.38. The summed E-state index contributed by atoms with van der Waals surface area (Å²) in [5.41, 5.74) is 2.28. The summed E-state index contributed by atoms with van der Waals surface area (Å²) in [6.07, 6.45) is 0.765. The molecule has 0 aromatic carbocycles. The lowest BCUT2D eigenvalue weighted by Crippen LogP contribution is -2.14. The number of hydrogen-bond acceptors (Lipinski definition) is 4. The number of fused-ring (bicyclic) bond motifs is 1. The summed E-state index contributed by atoms with van der Waals surface area (Å²) in [6.45, 7) is 6.67. The molecule has 0 bridgehead atoms. The second-order valence-corrected chi connectivity index (χ2v) is 4.89. The predicted molar refractivity (Wildman–Crippen MR) is 70.1 cm³/mol. The lowest BCUT2D eigenvalue weighted by molar-refractivity contribution is 0.0502. The standard InChI is InChI=1S/C14H18N2O3/c1-4-5-19-14(18)10-6-9-11(7-15-13(9)17)16-12(10)8(2)3/h6,8H,4-5,7H2,1-3H3,(H,15,17). The maximum Gasteiger partial charge on any atom is 0.340 e. The summed E-state index contributed by atoms with van der Waals surface area (Å²) >= 11 is 0. The van der Waals surface area contributed by atoms with Crippen LogP contribution >= 0.6 is 0 Å². The van der Waals surface area contributed by atoms with E-state index in [-0.39, 0.29) is 11.8 Å². The quantitative estimate of drug-likeness (QED) is 0.843. The third-order valence-electron chi connectivity index (χ3n) is 3.00. The molecule has 0 saturated carbocycles. The summed E-state index contributed by atoms with van der Waals surface area (Å²) in [5.74, 6) is -0.479. The molecular weight excluding hydrogens is 244 g/mol. The first-order chi connectivity index (χ1) is 9.04. The summed E-state index contributed by atoms with van der Waals surface area (Å²) < 4.78 is 5.15. The Hall–Kier alpha value is -1.91. The van der Waals surface area contributed by atoms with Gasteiger partial charge in [-0.05, 0) is 18.4 Å². The zero-order chi connectivity index (χ0) is 14.0. The van der Waals surface area contributed by atoms with Crippen molar-refractivity contribution in [1.82, 2.24) is 10.3 Å². The van der Waals surface area contributed by atoms with Crippen LogP contribution in [0.5, 0.6) is 0 Å². The molecule has 0 unspecified atom stereocenters. The van der Waals surface area contributed by atoms with Crippen molar-refractivity contribution in [3.8, 4) is 0 Å². The van der Waals surface area contributed by atoms with Crippen LogP contribution in [0.25, 0.3) is 0 Å². The minimum Gasteiger partial charge on any atom is -0.462 e. The normalized spacial score (nSPS) is 13.4. The lowest BCUT2D eigenvalue weighted by Gasteiger charge is -2.12. The molecule has 1 aliphatic rings. The van der Waals surface area contributed by atoms with Gasteiger partial charge in [-0.3, -0.25) is 9.78 Å². The van der Waals surface area contributed by atoms with E-state index in [1.807, 2.05) is 20.8 Å². The van der Waals surface area contributed by atoms with Crippen LogP contribution in [0.3, 0.4) is 0 Å². The third kappa shape index (κ3) is 2.59. The Morgan fingerprint density at radius 1 is 1.53 bits per heavy atom. The van der Waals surface area contributed by atoms with Crippen molar-refractivity contribution in [2.75, 3.05) is 6.61 Å². The minimum atomic E-state index is -0.402. The van der Waals surface area contributed by atoms with Crippen LogP contribution in [0.4, 0.5) is 0 Å². The molecule has 0 spiro atoms. The smallest absolute Gasteiger partial charge is 0.340 e. The molecule has 0 aliphatic carbocycles. The van der Waals surface area contributed by atoms with Crippen molar-refractivity contribution >= 4 is 11.9 Å². The topological polar surface area (TPSA) is 68.3 Å². The number of amides is 1. The Bertz CT molecular complexity index is 524. The molecule has 2 heterocycles. The van der Waals surface area contributed by atoms with E-state index in [0.29, 0.717) is 35.7 Å². The van der Waals surface area contributed by atoms with E-state index in [9.17, 15) is 9.59 Å². The number of nitrogens with one attached hydrogen (secondary N) is 1. The van der Waals surface area contributed by atoms with Crippen molar-refractivity contribution in [1.29, 1.82) is 0 Å². The molecule has 1 amide bonds. The fourth-order valence-electron chi connectivity index (χ4n) is 2.03. The van der Waals surface area contributed by atoms with E-state index in [1.54, 1.807) is 6.07 Å². The van der Waals surface area contributed by atoms with E-state index in [1.165, 1.54) is 0 Å². The average molecular weight is 262 g/mol. The van der Waals surface area contributed by atoms with Crippen molar-refractivity contribution in [3.63, 3.8) is 0 Å². The van der Waals surface area contributed by atoms with Gasteiger partial charge in [0, 0.05) is 0 Å². The molecular formula is C14H18N2O3. The second-order valence-electron chi connectivity index (χ2n) is 4.89. The van der Waals surface area contributed by atoms with E-state index in [2.05, 4.69) is 10.3 Å². The summed E-state index contributed by atoms with van der Waals surface area (Å²) in [5, 5.41) is 2.71. The number of hydrogen-bond donors (Lipinski definition) is 1. The van der Waals surface area contributed by atoms with Gasteiger partial charge in [0.25, 0.3) is 5.91 Å². The van der Waals surface area contributed by atoms with Crippen molar-refractivity contribution in [2.45, 2.75) is 39.7 Å². The van der Waals surface area contributed by atoms with Crippen LogP contribution in [0.15, 0.2) is 6.07 Å². The maximum absolute atomic E-state index is 12.0. The molecule has 5 heteroatoms. The van der Waals surface area contributed by atoms with Crippen LogP contribution in [0.1, 0.15) is 65.2 Å². The van der Waals surface area contributed by atoms with Crippen molar-refractivity contribution < 1.29 is 14.3 Å². The van der Waals surface area contributed by atoms with Crippen LogP contribution < -0.4 is 5.32 Å². The van der Waals surface area contributed by atoms with Gasteiger partial charge in [-0.2, -0.15) is 0 Å². The van der Waals surface area contributed by atoms with Gasteiger partial charge >= 0.3 is 5.97 Å². The first-order valence-corrected chi connectivity index (χ1v) is 6.53. The first-order valence-electron chi connectivity index (χ1n) is 6.53. The van der Waals surface area contributed by atoms with E-state index >= 15 is 0 Å². The number of ether oxygens (including phenoxy) is 1. The SMILES string of the molecule is CCCOC(=O)c1cc2c(nc1C(C)C)CNC2=O. The van der Waals surface area contributed by atoms with E-state index in [0.717, 1.165) is 6.42 Å². The Kier molecular flexibility index (Phi) is 3.83. The molecule has 102 valence electrons. The number of pyridine rings is 1. The van der Waals surface area contributed by atoms with E-state index < -0.39 is 5.97 Å². The summed E-state index contributed by atoms with van der Waals surface area (Å²) in [4.78, 5) is 28.1. The number of aromatic nitrogens is 1. The molecule has 1 aliphatic heterocycles. The predicted octanol–water partition coefficient (Wildman–Crippen LogP) is 2.02. The number of esters is 1. The molecule has 1 N–H and O–H groups in total. The lowest BCUT2D eigenvalue weighted by atomic mass is 10.0. The largest absolute Gasteiger partial charge is 0.462 e. The third-order valence-corrected chi connectivity index (χ3v) is 3.00. The van der Waals surface area contributed by atoms with Gasteiger partial charge < -0.3 is 10.1 Å². The number of nitrogens with zero attached hydrogens (tertiary/aromatic N) is 1. The highest BCUT2D eigenvalue weighted by Gasteiger charge is 2.26.